The zero-order chi connectivity index (χ0) is 13.4. The highest BCUT2D eigenvalue weighted by Gasteiger charge is 2.27. The summed E-state index contributed by atoms with van der Waals surface area (Å²) >= 11 is 0. The highest BCUT2D eigenvalue weighted by atomic mass is 16.5. The summed E-state index contributed by atoms with van der Waals surface area (Å²) in [6.07, 6.45) is 1.64. The fraction of sp³-hybridized carbons (Fsp3) is 0.833. The van der Waals surface area contributed by atoms with E-state index in [0.29, 0.717) is 0 Å². The number of rotatable bonds is 8. The molecular formula is C12H24N2O3. The van der Waals surface area contributed by atoms with Crippen LogP contribution in [0.25, 0.3) is 0 Å². The normalized spacial score (nSPS) is 16.4. The Balaban J connectivity index is 4.38. The molecule has 100 valence electrons. The lowest BCUT2D eigenvalue weighted by atomic mass is 9.98. The third-order valence-electron chi connectivity index (χ3n) is 2.92. The van der Waals surface area contributed by atoms with Gasteiger partial charge in [0, 0.05) is 0 Å². The van der Waals surface area contributed by atoms with Gasteiger partial charge in [-0.25, -0.2) is 0 Å². The van der Waals surface area contributed by atoms with Crippen LogP contribution in [0.3, 0.4) is 0 Å². The van der Waals surface area contributed by atoms with Gasteiger partial charge >= 0.3 is 5.97 Å². The van der Waals surface area contributed by atoms with E-state index in [9.17, 15) is 9.59 Å². The molecule has 0 aromatic rings. The number of likely N-dealkylation sites (N-methyl/N-ethyl adjacent to an activating group) is 2. The van der Waals surface area contributed by atoms with Crippen LogP contribution in [0.5, 0.6) is 0 Å². The third-order valence-corrected chi connectivity index (χ3v) is 2.92. The Morgan fingerprint density at radius 2 is 2.06 bits per heavy atom. The summed E-state index contributed by atoms with van der Waals surface area (Å²) in [6, 6.07) is -0.692. The molecule has 0 rings (SSSR count). The molecule has 0 saturated carbocycles. The average Bonchev–Trinajstić information content (AvgIpc) is 2.29. The number of hydrogen-bond donors (Lipinski definition) is 1. The molecule has 5 nitrogen and oxygen atoms in total. The Hall–Kier alpha value is -0.940. The number of nitrogens with zero attached hydrogens (tertiary/aromatic N) is 1. The maximum atomic E-state index is 11.9. The molecule has 5 heteroatoms. The van der Waals surface area contributed by atoms with Crippen molar-refractivity contribution in [3.63, 3.8) is 0 Å². The van der Waals surface area contributed by atoms with Crippen LogP contribution in [-0.2, 0) is 14.3 Å². The lowest BCUT2D eigenvalue weighted by molar-refractivity contribution is -0.151. The molecule has 0 fully saturated rings. The highest BCUT2D eigenvalue weighted by molar-refractivity contribution is 5.76. The molecule has 3 unspecified atom stereocenters. The van der Waals surface area contributed by atoms with E-state index in [1.54, 1.807) is 7.05 Å². The van der Waals surface area contributed by atoms with Crippen molar-refractivity contribution in [3.05, 3.63) is 0 Å². The zero-order valence-electron chi connectivity index (χ0n) is 11.4. The fourth-order valence-corrected chi connectivity index (χ4v) is 1.62. The number of hydrogen-bond acceptors (Lipinski definition) is 5. The van der Waals surface area contributed by atoms with Crippen LogP contribution in [0.15, 0.2) is 0 Å². The van der Waals surface area contributed by atoms with Crippen molar-refractivity contribution in [2.24, 2.45) is 5.92 Å². The summed E-state index contributed by atoms with van der Waals surface area (Å²) in [7, 11) is 5.37. The van der Waals surface area contributed by atoms with E-state index >= 15 is 0 Å². The summed E-state index contributed by atoms with van der Waals surface area (Å²) in [5.41, 5.74) is 0. The first kappa shape index (κ1) is 16.1. The van der Waals surface area contributed by atoms with Crippen molar-refractivity contribution < 1.29 is 14.3 Å². The minimum Gasteiger partial charge on any atom is -0.462 e. The van der Waals surface area contributed by atoms with E-state index in [1.807, 2.05) is 32.8 Å². The molecule has 0 aliphatic rings. The minimum atomic E-state index is -0.432. The first-order valence-corrected chi connectivity index (χ1v) is 5.93. The molecule has 0 aliphatic heterocycles. The van der Waals surface area contributed by atoms with E-state index in [0.717, 1.165) is 12.7 Å². The van der Waals surface area contributed by atoms with Crippen molar-refractivity contribution in [3.8, 4) is 0 Å². The van der Waals surface area contributed by atoms with Gasteiger partial charge in [-0.1, -0.05) is 20.3 Å². The molecule has 17 heavy (non-hydrogen) atoms. The van der Waals surface area contributed by atoms with Gasteiger partial charge < -0.3 is 14.8 Å². The Morgan fingerprint density at radius 3 is 2.41 bits per heavy atom. The SMILES string of the molecule is CCC(C)C(C(=O)OCC(C=O)NC)N(C)C. The lowest BCUT2D eigenvalue weighted by Crippen LogP contribution is -2.43. The fourth-order valence-electron chi connectivity index (χ4n) is 1.62. The first-order chi connectivity index (χ1) is 7.97. The molecule has 0 saturated heterocycles. The lowest BCUT2D eigenvalue weighted by Gasteiger charge is -2.27. The summed E-state index contributed by atoms with van der Waals surface area (Å²) in [5.74, 6) is -0.0479. The predicted octanol–water partition coefficient (Wildman–Crippen LogP) is 0.293. The largest absolute Gasteiger partial charge is 0.462 e. The van der Waals surface area contributed by atoms with Gasteiger partial charge in [0.15, 0.2) is 0 Å². The van der Waals surface area contributed by atoms with Crippen LogP contribution >= 0.6 is 0 Å². The predicted molar refractivity (Wildman–Crippen MR) is 66.8 cm³/mol. The molecule has 0 aromatic heterocycles. The monoisotopic (exact) mass is 244 g/mol. The van der Waals surface area contributed by atoms with Gasteiger partial charge in [0.25, 0.3) is 0 Å². The van der Waals surface area contributed by atoms with E-state index in [1.165, 1.54) is 0 Å². The molecule has 0 amide bonds. The standard InChI is InChI=1S/C12H24N2O3/c1-6-9(2)11(14(4)5)12(16)17-8-10(7-15)13-3/h7,9-11,13H,6,8H2,1-5H3. The maximum absolute atomic E-state index is 11.9. The Bertz CT molecular complexity index is 244. The topological polar surface area (TPSA) is 58.6 Å². The quantitative estimate of drug-likeness (QED) is 0.491. The van der Waals surface area contributed by atoms with E-state index < -0.39 is 6.04 Å². The van der Waals surface area contributed by atoms with Crippen molar-refractivity contribution in [2.45, 2.75) is 32.4 Å². The van der Waals surface area contributed by atoms with Crippen LogP contribution in [0.2, 0.25) is 0 Å². The zero-order valence-corrected chi connectivity index (χ0v) is 11.4. The summed E-state index contributed by atoms with van der Waals surface area (Å²) in [4.78, 5) is 24.3. The second kappa shape index (κ2) is 8.20. The molecule has 0 heterocycles. The van der Waals surface area contributed by atoms with Crippen molar-refractivity contribution >= 4 is 12.3 Å². The molecule has 0 radical (unpaired) electrons. The number of ether oxygens (including phenoxy) is 1. The van der Waals surface area contributed by atoms with Gasteiger partial charge in [0.2, 0.25) is 0 Å². The van der Waals surface area contributed by atoms with Crippen LogP contribution in [0.1, 0.15) is 20.3 Å². The molecule has 0 bridgehead atoms. The van der Waals surface area contributed by atoms with Crippen molar-refractivity contribution in [2.75, 3.05) is 27.7 Å². The van der Waals surface area contributed by atoms with Crippen LogP contribution < -0.4 is 5.32 Å². The van der Waals surface area contributed by atoms with E-state index in [2.05, 4.69) is 5.32 Å². The van der Waals surface area contributed by atoms with E-state index in [-0.39, 0.29) is 24.5 Å². The second-order valence-corrected chi connectivity index (χ2v) is 4.46. The smallest absolute Gasteiger partial charge is 0.323 e. The molecule has 0 aromatic carbocycles. The number of aldehydes is 1. The minimum absolute atomic E-state index is 0.0829. The second-order valence-electron chi connectivity index (χ2n) is 4.46. The van der Waals surface area contributed by atoms with Gasteiger partial charge in [-0.15, -0.1) is 0 Å². The number of carbonyl (C=O) groups excluding carboxylic acids is 2. The van der Waals surface area contributed by atoms with Crippen LogP contribution in [0, 0.1) is 5.92 Å². The third kappa shape index (κ3) is 5.28. The van der Waals surface area contributed by atoms with Crippen molar-refractivity contribution in [1.29, 1.82) is 0 Å². The number of carbonyl (C=O) groups is 2. The Kier molecular flexibility index (Phi) is 7.74. The summed E-state index contributed by atoms with van der Waals surface area (Å²) < 4.78 is 5.16. The van der Waals surface area contributed by atoms with Crippen molar-refractivity contribution in [1.82, 2.24) is 10.2 Å². The Morgan fingerprint density at radius 1 is 1.47 bits per heavy atom. The highest BCUT2D eigenvalue weighted by Crippen LogP contribution is 2.13. The molecular weight excluding hydrogens is 220 g/mol. The van der Waals surface area contributed by atoms with Crippen LogP contribution in [-0.4, -0.2) is 57.0 Å². The average molecular weight is 244 g/mol. The van der Waals surface area contributed by atoms with Gasteiger partial charge in [0.1, 0.15) is 18.9 Å². The van der Waals surface area contributed by atoms with Crippen LogP contribution in [0.4, 0.5) is 0 Å². The maximum Gasteiger partial charge on any atom is 0.323 e. The molecule has 3 atom stereocenters. The number of esters is 1. The summed E-state index contributed by atoms with van der Waals surface area (Å²) in [6.45, 7) is 4.14. The van der Waals surface area contributed by atoms with Gasteiger partial charge in [-0.2, -0.15) is 0 Å². The molecule has 0 aliphatic carbocycles. The Labute approximate surface area is 103 Å². The molecule has 0 spiro atoms. The summed E-state index contributed by atoms with van der Waals surface area (Å²) in [5, 5.41) is 2.76. The van der Waals surface area contributed by atoms with Gasteiger partial charge in [0.05, 0.1) is 6.04 Å². The number of nitrogens with one attached hydrogen (secondary N) is 1. The van der Waals surface area contributed by atoms with E-state index in [4.69, 9.17) is 4.74 Å². The van der Waals surface area contributed by atoms with Gasteiger partial charge in [-0.3, -0.25) is 9.69 Å². The van der Waals surface area contributed by atoms with Gasteiger partial charge in [-0.05, 0) is 27.1 Å². The first-order valence-electron chi connectivity index (χ1n) is 5.93. The molecule has 1 N–H and O–H groups in total.